The molecule has 2 heterocycles. The summed E-state index contributed by atoms with van der Waals surface area (Å²) in [6.07, 6.45) is 4.71. The molecule has 3 aromatic rings. The first-order valence-electron chi connectivity index (χ1n) is 9.43. The van der Waals surface area contributed by atoms with Gasteiger partial charge in [-0.15, -0.1) is 0 Å². The van der Waals surface area contributed by atoms with Gasteiger partial charge in [-0.2, -0.15) is 10.1 Å². The van der Waals surface area contributed by atoms with Gasteiger partial charge in [-0.1, -0.05) is 37.6 Å². The molecule has 0 N–H and O–H groups in total. The van der Waals surface area contributed by atoms with E-state index in [1.54, 1.807) is 16.6 Å². The quantitative estimate of drug-likeness (QED) is 0.441. The third-order valence-electron chi connectivity index (χ3n) is 4.77. The number of hydrogen-bond acceptors (Lipinski definition) is 6. The third kappa shape index (κ3) is 4.42. The maximum atomic E-state index is 12.3. The van der Waals surface area contributed by atoms with Crippen LogP contribution in [0.25, 0.3) is 5.78 Å². The smallest absolute Gasteiger partial charge is 0.310 e. The lowest BCUT2D eigenvalue weighted by Gasteiger charge is -2.10. The number of rotatable bonds is 8. The van der Waals surface area contributed by atoms with E-state index in [2.05, 4.69) is 22.0 Å². The minimum absolute atomic E-state index is 0.0315. The van der Waals surface area contributed by atoms with Crippen LogP contribution in [0.4, 0.5) is 0 Å². The number of carbonyl (C=O) groups excluding carboxylic acids is 2. The molecule has 3 rings (SSSR count). The Morgan fingerprint density at radius 1 is 1.14 bits per heavy atom. The molecule has 7 nitrogen and oxygen atoms in total. The summed E-state index contributed by atoms with van der Waals surface area (Å²) in [5.74, 6) is -0.196. The highest BCUT2D eigenvalue weighted by Crippen LogP contribution is 2.14. The average Bonchev–Trinajstić information content (AvgIpc) is 3.16. The number of aromatic nitrogens is 4. The number of hydrogen-bond donors (Lipinski definition) is 0. The van der Waals surface area contributed by atoms with Gasteiger partial charge < -0.3 is 4.74 Å². The van der Waals surface area contributed by atoms with Gasteiger partial charge >= 0.3 is 5.97 Å². The second kappa shape index (κ2) is 8.73. The largest absolute Gasteiger partial charge is 0.457 e. The van der Waals surface area contributed by atoms with Crippen LogP contribution in [0.5, 0.6) is 0 Å². The minimum atomic E-state index is -0.472. The number of ketones is 1. The van der Waals surface area contributed by atoms with Gasteiger partial charge in [0.05, 0.1) is 6.42 Å². The maximum absolute atomic E-state index is 12.3. The number of ether oxygens (including phenoxy) is 1. The number of benzene rings is 1. The lowest BCUT2D eigenvalue weighted by Crippen LogP contribution is -2.18. The number of carbonyl (C=O) groups is 2. The number of esters is 1. The molecule has 0 saturated carbocycles. The van der Waals surface area contributed by atoms with Gasteiger partial charge in [0.1, 0.15) is 6.33 Å². The topological polar surface area (TPSA) is 86.5 Å². The van der Waals surface area contributed by atoms with Crippen LogP contribution in [0.1, 0.15) is 52.6 Å². The van der Waals surface area contributed by atoms with Crippen molar-refractivity contribution in [1.29, 1.82) is 0 Å². The first-order valence-corrected chi connectivity index (χ1v) is 9.43. The van der Waals surface area contributed by atoms with Crippen LogP contribution in [-0.2, 0) is 22.4 Å². The predicted octanol–water partition coefficient (Wildman–Crippen LogP) is 3.05. The Balaban J connectivity index is 1.59. The molecular formula is C21H24N4O3. The van der Waals surface area contributed by atoms with Crippen molar-refractivity contribution in [1.82, 2.24) is 19.6 Å². The van der Waals surface area contributed by atoms with Crippen LogP contribution < -0.4 is 0 Å². The van der Waals surface area contributed by atoms with Crippen LogP contribution in [0.3, 0.4) is 0 Å². The van der Waals surface area contributed by atoms with E-state index in [4.69, 9.17) is 4.74 Å². The van der Waals surface area contributed by atoms with E-state index in [1.165, 1.54) is 11.9 Å². The standard InChI is InChI=1S/C21H24N4O3/c1-4-5-6-16-7-9-17(10-8-16)19(26)12-28-20(27)11-18-14(2)24-21-22-13-23-25(21)15(18)3/h7-10,13H,4-6,11-12H2,1-3H3. The number of unbranched alkanes of at least 4 members (excludes halogenated alkanes) is 1. The monoisotopic (exact) mass is 380 g/mol. The zero-order chi connectivity index (χ0) is 20.1. The van der Waals surface area contributed by atoms with E-state index in [-0.39, 0.29) is 18.8 Å². The van der Waals surface area contributed by atoms with Crippen LogP contribution in [0.2, 0.25) is 0 Å². The summed E-state index contributed by atoms with van der Waals surface area (Å²) in [4.78, 5) is 32.9. The van der Waals surface area contributed by atoms with Gasteiger partial charge in [-0.3, -0.25) is 9.59 Å². The molecule has 0 saturated heterocycles. The summed E-state index contributed by atoms with van der Waals surface area (Å²) in [5, 5.41) is 4.10. The second-order valence-corrected chi connectivity index (χ2v) is 6.79. The van der Waals surface area contributed by atoms with E-state index in [1.807, 2.05) is 26.0 Å². The molecule has 0 spiro atoms. The Morgan fingerprint density at radius 3 is 2.61 bits per heavy atom. The molecule has 28 heavy (non-hydrogen) atoms. The Labute approximate surface area is 163 Å². The summed E-state index contributed by atoms with van der Waals surface area (Å²) in [6.45, 7) is 5.54. The van der Waals surface area contributed by atoms with Gasteiger partial charge in [-0.25, -0.2) is 9.50 Å². The molecule has 0 atom stereocenters. The molecule has 0 radical (unpaired) electrons. The summed E-state index contributed by atoms with van der Waals surface area (Å²) in [7, 11) is 0. The van der Waals surface area contributed by atoms with E-state index in [0.717, 1.165) is 30.5 Å². The molecule has 0 aliphatic carbocycles. The van der Waals surface area contributed by atoms with Gasteiger partial charge in [0.2, 0.25) is 0 Å². The van der Waals surface area contributed by atoms with Crippen molar-refractivity contribution in [2.75, 3.05) is 6.61 Å². The van der Waals surface area contributed by atoms with E-state index < -0.39 is 5.97 Å². The second-order valence-electron chi connectivity index (χ2n) is 6.79. The lowest BCUT2D eigenvalue weighted by atomic mass is 10.0. The molecular weight excluding hydrogens is 356 g/mol. The third-order valence-corrected chi connectivity index (χ3v) is 4.77. The van der Waals surface area contributed by atoms with Crippen molar-refractivity contribution in [2.45, 2.75) is 46.5 Å². The highest BCUT2D eigenvalue weighted by atomic mass is 16.5. The summed E-state index contributed by atoms with van der Waals surface area (Å²) in [5.41, 5.74) is 3.97. The average molecular weight is 380 g/mol. The summed E-state index contributed by atoms with van der Waals surface area (Å²) in [6, 6.07) is 7.49. The van der Waals surface area contributed by atoms with E-state index in [0.29, 0.717) is 17.0 Å². The van der Waals surface area contributed by atoms with Crippen LogP contribution in [0.15, 0.2) is 30.6 Å². The Bertz CT molecular complexity index is 993. The van der Waals surface area contributed by atoms with Crippen molar-refractivity contribution < 1.29 is 14.3 Å². The SMILES string of the molecule is CCCCc1ccc(C(=O)COC(=O)Cc2c(C)nc3ncnn3c2C)cc1. The van der Waals surface area contributed by atoms with Gasteiger partial charge in [0.15, 0.2) is 12.4 Å². The van der Waals surface area contributed by atoms with Crippen molar-refractivity contribution >= 4 is 17.5 Å². The Hall–Kier alpha value is -3.09. The fourth-order valence-corrected chi connectivity index (χ4v) is 3.07. The number of fused-ring (bicyclic) bond motifs is 1. The molecule has 7 heteroatoms. The highest BCUT2D eigenvalue weighted by molar-refractivity contribution is 5.98. The maximum Gasteiger partial charge on any atom is 0.310 e. The molecule has 2 aromatic heterocycles. The first-order chi connectivity index (χ1) is 13.5. The van der Waals surface area contributed by atoms with Crippen molar-refractivity contribution in [2.24, 2.45) is 0 Å². The number of Topliss-reactive ketones (excluding diaryl/α,β-unsaturated/α-hetero) is 1. The Morgan fingerprint density at radius 2 is 1.89 bits per heavy atom. The molecule has 0 amide bonds. The molecule has 1 aromatic carbocycles. The van der Waals surface area contributed by atoms with Gasteiger partial charge in [-0.05, 0) is 32.3 Å². The summed E-state index contributed by atoms with van der Waals surface area (Å²) < 4.78 is 6.78. The summed E-state index contributed by atoms with van der Waals surface area (Å²) >= 11 is 0. The molecule has 146 valence electrons. The van der Waals surface area contributed by atoms with E-state index >= 15 is 0 Å². The Kier molecular flexibility index (Phi) is 6.13. The number of aryl methyl sites for hydroxylation is 3. The van der Waals surface area contributed by atoms with Crippen molar-refractivity contribution in [3.63, 3.8) is 0 Å². The molecule has 0 aliphatic rings. The number of nitrogens with zero attached hydrogens (tertiary/aromatic N) is 4. The van der Waals surface area contributed by atoms with E-state index in [9.17, 15) is 9.59 Å². The first kappa shape index (κ1) is 19.7. The van der Waals surface area contributed by atoms with Gasteiger partial charge in [0, 0.05) is 22.5 Å². The lowest BCUT2D eigenvalue weighted by molar-refractivity contribution is -0.141. The molecule has 0 aliphatic heterocycles. The predicted molar refractivity (Wildman–Crippen MR) is 104 cm³/mol. The van der Waals surface area contributed by atoms with Crippen molar-refractivity contribution in [3.8, 4) is 0 Å². The van der Waals surface area contributed by atoms with Crippen LogP contribution in [0, 0.1) is 13.8 Å². The van der Waals surface area contributed by atoms with Gasteiger partial charge in [0.25, 0.3) is 5.78 Å². The normalized spacial score (nSPS) is 11.0. The van der Waals surface area contributed by atoms with Crippen LogP contribution in [-0.4, -0.2) is 37.9 Å². The fraction of sp³-hybridized carbons (Fsp3) is 0.381. The molecule has 0 fully saturated rings. The highest BCUT2D eigenvalue weighted by Gasteiger charge is 2.16. The molecule has 0 bridgehead atoms. The zero-order valence-corrected chi connectivity index (χ0v) is 16.4. The minimum Gasteiger partial charge on any atom is -0.457 e. The molecule has 0 unspecified atom stereocenters. The van der Waals surface area contributed by atoms with Crippen LogP contribution >= 0.6 is 0 Å². The zero-order valence-electron chi connectivity index (χ0n) is 16.4. The van der Waals surface area contributed by atoms with Crippen molar-refractivity contribution in [3.05, 3.63) is 58.7 Å². The fourth-order valence-electron chi connectivity index (χ4n) is 3.07.